The van der Waals surface area contributed by atoms with Crippen LogP contribution in [0.5, 0.6) is 0 Å². The van der Waals surface area contributed by atoms with E-state index < -0.39 is 0 Å². The maximum atomic E-state index is 6.45. The highest BCUT2D eigenvalue weighted by Crippen LogP contribution is 2.39. The molecule has 3 N–H and O–H groups in total. The molecule has 5 aromatic rings. The predicted octanol–water partition coefficient (Wildman–Crippen LogP) is 6.06. The first-order valence-corrected chi connectivity index (χ1v) is 15.2. The standard InChI is InChI=1S/C32H36ClN9/c1-20-25-17-35-32(39-28(25)12-11-27(20)33)38-22-5-3-21(4-6-22)26-18-42(31-29(26)30(34)36-19-37-31)24-9-7-23(8-10-24)41-15-13-40(2)14-16-41/h3-6,11-12,17-19,23-24H,7-10,13-16H2,1-2H3,(H2,34,36,37)(H,35,38,39). The quantitative estimate of drug-likeness (QED) is 0.258. The number of nitrogen functional groups attached to an aromatic ring is 1. The molecule has 2 aliphatic rings. The van der Waals surface area contributed by atoms with Gasteiger partial charge in [-0.1, -0.05) is 23.7 Å². The monoisotopic (exact) mass is 581 g/mol. The molecule has 2 aromatic carbocycles. The number of anilines is 3. The Bertz CT molecular complexity index is 1730. The van der Waals surface area contributed by atoms with E-state index in [0.29, 0.717) is 28.9 Å². The summed E-state index contributed by atoms with van der Waals surface area (Å²) in [5.41, 5.74) is 12.2. The van der Waals surface area contributed by atoms with E-state index in [-0.39, 0.29) is 0 Å². The summed E-state index contributed by atoms with van der Waals surface area (Å²) in [4.78, 5) is 23.4. The molecule has 0 bridgehead atoms. The number of nitrogens with zero attached hydrogens (tertiary/aromatic N) is 7. The lowest BCUT2D eigenvalue weighted by Gasteiger charge is -2.41. The number of nitrogens with two attached hydrogens (primary N) is 1. The van der Waals surface area contributed by atoms with Gasteiger partial charge >= 0.3 is 0 Å². The van der Waals surface area contributed by atoms with Crippen molar-refractivity contribution in [1.29, 1.82) is 0 Å². The Morgan fingerprint density at radius 3 is 2.40 bits per heavy atom. The van der Waals surface area contributed by atoms with Crippen molar-refractivity contribution < 1.29 is 0 Å². The fraction of sp³-hybridized carbons (Fsp3) is 0.375. The molecule has 3 aromatic heterocycles. The van der Waals surface area contributed by atoms with Crippen LogP contribution in [0.3, 0.4) is 0 Å². The lowest BCUT2D eigenvalue weighted by atomic mass is 9.89. The minimum atomic E-state index is 0.406. The fourth-order valence-corrected chi connectivity index (χ4v) is 6.80. The number of piperazine rings is 1. The molecule has 0 radical (unpaired) electrons. The number of likely N-dealkylation sites (N-methyl/N-ethyl adjacent to an activating group) is 1. The third kappa shape index (κ3) is 5.06. The zero-order chi connectivity index (χ0) is 28.8. The van der Waals surface area contributed by atoms with Crippen molar-refractivity contribution in [3.8, 4) is 11.1 Å². The van der Waals surface area contributed by atoms with Gasteiger partial charge in [0.15, 0.2) is 0 Å². The summed E-state index contributed by atoms with van der Waals surface area (Å²) in [5.74, 6) is 1.06. The Labute approximate surface area is 250 Å². The van der Waals surface area contributed by atoms with Gasteiger partial charge in [-0.25, -0.2) is 19.9 Å². The molecule has 1 aliphatic carbocycles. The van der Waals surface area contributed by atoms with Crippen LogP contribution in [0.2, 0.25) is 5.02 Å². The summed E-state index contributed by atoms with van der Waals surface area (Å²) in [6, 6.07) is 13.2. The van der Waals surface area contributed by atoms with E-state index in [1.54, 1.807) is 6.33 Å². The number of aromatic nitrogens is 5. The van der Waals surface area contributed by atoms with Gasteiger partial charge in [-0.2, -0.15) is 0 Å². The molecule has 42 heavy (non-hydrogen) atoms. The molecule has 1 aliphatic heterocycles. The lowest BCUT2D eigenvalue weighted by Crippen LogP contribution is -2.49. The van der Waals surface area contributed by atoms with Crippen LogP contribution in [0.15, 0.2) is 55.1 Å². The summed E-state index contributed by atoms with van der Waals surface area (Å²) in [5, 5.41) is 5.92. The van der Waals surface area contributed by atoms with Crippen molar-refractivity contribution in [1.82, 2.24) is 34.3 Å². The number of benzene rings is 2. The van der Waals surface area contributed by atoms with E-state index in [1.165, 1.54) is 39.0 Å². The molecular formula is C32H36ClN9. The third-order valence-electron chi connectivity index (χ3n) is 9.17. The minimum absolute atomic E-state index is 0.406. The van der Waals surface area contributed by atoms with E-state index in [4.69, 9.17) is 22.3 Å². The average Bonchev–Trinajstić information content (AvgIpc) is 3.41. The predicted molar refractivity (Wildman–Crippen MR) is 170 cm³/mol. The van der Waals surface area contributed by atoms with Crippen LogP contribution in [-0.2, 0) is 0 Å². The van der Waals surface area contributed by atoms with Crippen LogP contribution < -0.4 is 11.1 Å². The molecule has 0 unspecified atom stereocenters. The van der Waals surface area contributed by atoms with E-state index in [0.717, 1.165) is 57.2 Å². The first kappa shape index (κ1) is 27.1. The number of fused-ring (bicyclic) bond motifs is 2. The summed E-state index contributed by atoms with van der Waals surface area (Å²) in [7, 11) is 2.22. The van der Waals surface area contributed by atoms with Crippen LogP contribution in [-0.4, -0.2) is 73.6 Å². The van der Waals surface area contributed by atoms with Crippen molar-refractivity contribution in [2.75, 3.05) is 44.3 Å². The van der Waals surface area contributed by atoms with Gasteiger partial charge in [0, 0.05) is 72.3 Å². The molecule has 7 rings (SSSR count). The summed E-state index contributed by atoms with van der Waals surface area (Å²) >= 11 is 6.26. The highest BCUT2D eigenvalue weighted by atomic mass is 35.5. The molecule has 1 saturated heterocycles. The SMILES string of the molecule is Cc1c(Cl)ccc2nc(Nc3ccc(-c4cn(C5CCC(N6CCN(C)CC6)CC5)c5ncnc(N)c45)cc3)ncc12. The number of halogens is 1. The molecule has 4 heterocycles. The largest absolute Gasteiger partial charge is 0.383 e. The number of aryl methyl sites for hydroxylation is 1. The second-order valence-electron chi connectivity index (χ2n) is 11.7. The van der Waals surface area contributed by atoms with Gasteiger partial charge in [-0.3, -0.25) is 4.90 Å². The second-order valence-corrected chi connectivity index (χ2v) is 12.1. The van der Waals surface area contributed by atoms with Crippen LogP contribution in [0.4, 0.5) is 17.5 Å². The van der Waals surface area contributed by atoms with E-state index in [1.807, 2.05) is 37.4 Å². The number of hydrogen-bond acceptors (Lipinski definition) is 8. The summed E-state index contributed by atoms with van der Waals surface area (Å²) in [6.07, 6.45) is 10.4. The molecule has 0 atom stereocenters. The normalized spacial score (nSPS) is 20.4. The molecule has 10 heteroatoms. The van der Waals surface area contributed by atoms with Crippen LogP contribution in [0.1, 0.15) is 37.3 Å². The lowest BCUT2D eigenvalue weighted by molar-refractivity contribution is 0.0828. The topological polar surface area (TPSA) is 101 Å². The highest BCUT2D eigenvalue weighted by Gasteiger charge is 2.30. The van der Waals surface area contributed by atoms with Crippen molar-refractivity contribution >= 4 is 51.0 Å². The van der Waals surface area contributed by atoms with Crippen LogP contribution >= 0.6 is 11.6 Å². The Hall–Kier alpha value is -3.79. The zero-order valence-corrected chi connectivity index (χ0v) is 24.8. The average molecular weight is 582 g/mol. The van der Waals surface area contributed by atoms with E-state index in [9.17, 15) is 0 Å². The molecule has 1 saturated carbocycles. The molecule has 0 spiro atoms. The maximum Gasteiger partial charge on any atom is 0.227 e. The van der Waals surface area contributed by atoms with Gasteiger partial charge in [-0.15, -0.1) is 0 Å². The molecule has 9 nitrogen and oxygen atoms in total. The number of hydrogen-bond donors (Lipinski definition) is 2. The minimum Gasteiger partial charge on any atom is -0.383 e. The van der Waals surface area contributed by atoms with Gasteiger partial charge < -0.3 is 20.5 Å². The van der Waals surface area contributed by atoms with Gasteiger partial charge in [0.2, 0.25) is 5.95 Å². The number of nitrogens with one attached hydrogen (secondary N) is 1. The van der Waals surface area contributed by atoms with Crippen LogP contribution in [0, 0.1) is 6.92 Å². The maximum absolute atomic E-state index is 6.45. The Balaban J connectivity index is 1.12. The van der Waals surface area contributed by atoms with Gasteiger partial charge in [0.25, 0.3) is 0 Å². The Kier molecular flexibility index (Phi) is 7.17. The Morgan fingerprint density at radius 2 is 1.64 bits per heavy atom. The Morgan fingerprint density at radius 1 is 0.905 bits per heavy atom. The van der Waals surface area contributed by atoms with Crippen LogP contribution in [0.25, 0.3) is 33.1 Å². The highest BCUT2D eigenvalue weighted by molar-refractivity contribution is 6.32. The van der Waals surface area contributed by atoms with Gasteiger partial charge in [0.1, 0.15) is 17.8 Å². The molecule has 0 amide bonds. The van der Waals surface area contributed by atoms with Gasteiger partial charge in [0.05, 0.1) is 10.9 Å². The third-order valence-corrected chi connectivity index (χ3v) is 9.58. The summed E-state index contributed by atoms with van der Waals surface area (Å²) < 4.78 is 2.35. The molecule has 2 fully saturated rings. The zero-order valence-electron chi connectivity index (χ0n) is 24.1. The first-order chi connectivity index (χ1) is 20.4. The molecular weight excluding hydrogens is 546 g/mol. The van der Waals surface area contributed by atoms with Gasteiger partial charge in [-0.05, 0) is 75.0 Å². The van der Waals surface area contributed by atoms with Crippen molar-refractivity contribution in [3.63, 3.8) is 0 Å². The van der Waals surface area contributed by atoms with Crippen molar-refractivity contribution in [2.24, 2.45) is 0 Å². The fourth-order valence-electron chi connectivity index (χ4n) is 6.63. The summed E-state index contributed by atoms with van der Waals surface area (Å²) in [6.45, 7) is 6.67. The van der Waals surface area contributed by atoms with E-state index in [2.05, 4.69) is 60.0 Å². The van der Waals surface area contributed by atoms with Crippen molar-refractivity contribution in [3.05, 3.63) is 65.7 Å². The smallest absolute Gasteiger partial charge is 0.227 e. The number of rotatable bonds is 5. The first-order valence-electron chi connectivity index (χ1n) is 14.8. The van der Waals surface area contributed by atoms with Crippen molar-refractivity contribution in [2.45, 2.75) is 44.7 Å². The second kappa shape index (κ2) is 11.1. The molecule has 216 valence electrons. The van der Waals surface area contributed by atoms with E-state index >= 15 is 0 Å².